The molecule has 0 N–H and O–H groups in total. The van der Waals surface area contributed by atoms with Gasteiger partial charge in [-0.15, -0.1) is 0 Å². The molecule has 6 heteroatoms. The highest BCUT2D eigenvalue weighted by Gasteiger charge is 2.19. The van der Waals surface area contributed by atoms with Gasteiger partial charge < -0.3 is 4.74 Å². The second kappa shape index (κ2) is 10.9. The first kappa shape index (κ1) is 27.8. The van der Waals surface area contributed by atoms with Crippen molar-refractivity contribution in [3.63, 3.8) is 0 Å². The number of ether oxygens (including phenoxy) is 1. The predicted octanol–water partition coefficient (Wildman–Crippen LogP) is 7.87. The van der Waals surface area contributed by atoms with E-state index in [1.54, 1.807) is 12.1 Å². The monoisotopic (exact) mass is 488 g/mol. The van der Waals surface area contributed by atoms with Crippen LogP contribution in [-0.4, -0.2) is 9.97 Å². The fourth-order valence-corrected chi connectivity index (χ4v) is 3.58. The van der Waals surface area contributed by atoms with E-state index in [0.717, 1.165) is 28.3 Å². The fourth-order valence-electron chi connectivity index (χ4n) is 3.38. The van der Waals surface area contributed by atoms with Gasteiger partial charge in [-0.3, -0.25) is 0 Å². The molecular formula is C29H33ClN4O. The molecule has 0 aliphatic rings. The van der Waals surface area contributed by atoms with Crippen molar-refractivity contribution in [2.24, 2.45) is 0 Å². The predicted molar refractivity (Wildman–Crippen MR) is 141 cm³/mol. The van der Waals surface area contributed by atoms with Crippen LogP contribution in [0.5, 0.6) is 11.6 Å². The molecule has 2 heterocycles. The van der Waals surface area contributed by atoms with Crippen molar-refractivity contribution in [1.82, 2.24) is 9.97 Å². The second-order valence-corrected chi connectivity index (χ2v) is 11.0. The fraction of sp³-hybridized carbons (Fsp3) is 0.379. The minimum absolute atomic E-state index is 0.0301. The van der Waals surface area contributed by atoms with E-state index in [4.69, 9.17) is 21.6 Å². The Morgan fingerprint density at radius 3 is 1.63 bits per heavy atom. The average molecular weight is 489 g/mol. The number of nitrogens with zero attached hydrogens (tertiary/aromatic N) is 4. The van der Waals surface area contributed by atoms with Crippen LogP contribution in [0.4, 0.5) is 0 Å². The molecule has 0 fully saturated rings. The van der Waals surface area contributed by atoms with Gasteiger partial charge in [0, 0.05) is 22.2 Å². The number of benzene rings is 1. The average Bonchev–Trinajstić information content (AvgIpc) is 2.75. The van der Waals surface area contributed by atoms with Crippen LogP contribution in [0.1, 0.15) is 80.7 Å². The number of hydrogen-bond donors (Lipinski definition) is 0. The molecule has 0 spiro atoms. The zero-order valence-electron chi connectivity index (χ0n) is 22.0. The van der Waals surface area contributed by atoms with E-state index < -0.39 is 0 Å². The van der Waals surface area contributed by atoms with E-state index in [2.05, 4.69) is 76.6 Å². The first-order valence-electron chi connectivity index (χ1n) is 11.4. The van der Waals surface area contributed by atoms with Gasteiger partial charge in [-0.1, -0.05) is 70.8 Å². The molecule has 0 unspecified atom stereocenters. The molecule has 35 heavy (non-hydrogen) atoms. The van der Waals surface area contributed by atoms with Gasteiger partial charge in [-0.25, -0.2) is 9.97 Å². The van der Waals surface area contributed by atoms with Crippen LogP contribution in [0.2, 0.25) is 5.15 Å². The standard InChI is InChI=1S/C19H22N2O.C10H11ClN2/c1-12-9-13(2)17(14(3)10-12)22-18-15(11-20)7-8-16(21-18)19(4,5)6;1-10(2,3)8-5-4-7(6-12)9(11)13-8/h7-10H,1-6H3;4-5H,1-3H3. The summed E-state index contributed by atoms with van der Waals surface area (Å²) < 4.78 is 6.02. The number of pyridine rings is 2. The SMILES string of the molecule is CC(C)(C)c1ccc(C#N)c(Cl)n1.Cc1cc(C)c(Oc2nc(C(C)(C)C)ccc2C#N)c(C)c1. The lowest BCUT2D eigenvalue weighted by Gasteiger charge is -2.19. The molecule has 0 amide bonds. The Morgan fingerprint density at radius 1 is 0.743 bits per heavy atom. The van der Waals surface area contributed by atoms with Crippen LogP contribution in [-0.2, 0) is 10.8 Å². The minimum atomic E-state index is -0.0938. The maximum absolute atomic E-state index is 9.30. The van der Waals surface area contributed by atoms with Gasteiger partial charge in [0.05, 0.1) is 5.56 Å². The Morgan fingerprint density at radius 2 is 1.20 bits per heavy atom. The van der Waals surface area contributed by atoms with Crippen molar-refractivity contribution >= 4 is 11.6 Å². The topological polar surface area (TPSA) is 82.6 Å². The second-order valence-electron chi connectivity index (χ2n) is 10.6. The van der Waals surface area contributed by atoms with Crippen molar-refractivity contribution in [2.75, 3.05) is 0 Å². The lowest BCUT2D eigenvalue weighted by atomic mass is 9.91. The van der Waals surface area contributed by atoms with Gasteiger partial charge in [0.2, 0.25) is 5.88 Å². The third-order valence-electron chi connectivity index (χ3n) is 5.29. The summed E-state index contributed by atoms with van der Waals surface area (Å²) in [4.78, 5) is 8.73. The molecule has 0 saturated heterocycles. The molecule has 3 rings (SSSR count). The Balaban J connectivity index is 0.000000283. The summed E-state index contributed by atoms with van der Waals surface area (Å²) in [5.74, 6) is 1.16. The number of nitriles is 2. The summed E-state index contributed by atoms with van der Waals surface area (Å²) in [6.07, 6.45) is 0. The molecule has 182 valence electrons. The van der Waals surface area contributed by atoms with Crippen LogP contribution in [0, 0.1) is 43.4 Å². The minimum Gasteiger partial charge on any atom is -0.437 e. The number of rotatable bonds is 2. The van der Waals surface area contributed by atoms with Crippen molar-refractivity contribution in [1.29, 1.82) is 10.5 Å². The molecule has 5 nitrogen and oxygen atoms in total. The largest absolute Gasteiger partial charge is 0.437 e. The number of hydrogen-bond acceptors (Lipinski definition) is 5. The first-order chi connectivity index (χ1) is 16.2. The summed E-state index contributed by atoms with van der Waals surface area (Å²) >= 11 is 5.80. The molecule has 3 aromatic rings. The first-order valence-corrected chi connectivity index (χ1v) is 11.8. The van der Waals surface area contributed by atoms with Gasteiger partial charge in [0.25, 0.3) is 0 Å². The zero-order chi connectivity index (χ0) is 26.6. The van der Waals surface area contributed by atoms with Gasteiger partial charge in [0.15, 0.2) is 0 Å². The molecule has 0 aliphatic heterocycles. The van der Waals surface area contributed by atoms with Gasteiger partial charge in [0.1, 0.15) is 28.6 Å². The van der Waals surface area contributed by atoms with Crippen LogP contribution < -0.4 is 4.74 Å². The van der Waals surface area contributed by atoms with E-state index in [0.29, 0.717) is 17.0 Å². The van der Waals surface area contributed by atoms with Crippen LogP contribution in [0.15, 0.2) is 36.4 Å². The summed E-state index contributed by atoms with van der Waals surface area (Å²) in [6, 6.07) is 15.5. The molecular weight excluding hydrogens is 456 g/mol. The molecule has 1 aromatic carbocycles. The van der Waals surface area contributed by atoms with Gasteiger partial charge in [-0.2, -0.15) is 10.5 Å². The lowest BCUT2D eigenvalue weighted by molar-refractivity contribution is 0.444. The highest BCUT2D eigenvalue weighted by molar-refractivity contribution is 6.30. The summed E-state index contributed by atoms with van der Waals surface area (Å²) in [5.41, 5.74) is 5.84. The third-order valence-corrected chi connectivity index (χ3v) is 5.58. The summed E-state index contributed by atoms with van der Waals surface area (Å²) in [6.45, 7) is 18.5. The van der Waals surface area contributed by atoms with E-state index in [9.17, 15) is 5.26 Å². The molecule has 0 radical (unpaired) electrons. The van der Waals surface area contributed by atoms with Crippen LogP contribution in [0.3, 0.4) is 0 Å². The quantitative estimate of drug-likeness (QED) is 0.342. The maximum atomic E-state index is 9.30. The summed E-state index contributed by atoms with van der Waals surface area (Å²) in [5, 5.41) is 18.2. The van der Waals surface area contributed by atoms with Crippen molar-refractivity contribution in [3.05, 3.63) is 80.8 Å². The molecule has 0 aliphatic carbocycles. The highest BCUT2D eigenvalue weighted by atomic mass is 35.5. The van der Waals surface area contributed by atoms with E-state index in [1.807, 2.05) is 32.0 Å². The van der Waals surface area contributed by atoms with Crippen LogP contribution in [0.25, 0.3) is 0 Å². The summed E-state index contributed by atoms with van der Waals surface area (Å²) in [7, 11) is 0. The van der Waals surface area contributed by atoms with Crippen molar-refractivity contribution in [2.45, 2.75) is 73.1 Å². The number of aryl methyl sites for hydroxylation is 3. The van der Waals surface area contributed by atoms with E-state index in [1.165, 1.54) is 5.56 Å². The van der Waals surface area contributed by atoms with Crippen molar-refractivity contribution in [3.8, 4) is 23.8 Å². The number of aromatic nitrogens is 2. The molecule has 0 bridgehead atoms. The van der Waals surface area contributed by atoms with Gasteiger partial charge >= 0.3 is 0 Å². The molecule has 2 aromatic heterocycles. The highest BCUT2D eigenvalue weighted by Crippen LogP contribution is 2.32. The smallest absolute Gasteiger partial charge is 0.237 e. The Labute approximate surface area is 214 Å². The van der Waals surface area contributed by atoms with E-state index in [-0.39, 0.29) is 16.0 Å². The lowest BCUT2D eigenvalue weighted by Crippen LogP contribution is -2.14. The van der Waals surface area contributed by atoms with Crippen LogP contribution >= 0.6 is 11.6 Å². The molecule has 0 atom stereocenters. The Kier molecular flexibility index (Phi) is 8.66. The number of halogens is 1. The Bertz CT molecular complexity index is 1280. The molecule has 0 saturated carbocycles. The maximum Gasteiger partial charge on any atom is 0.237 e. The third kappa shape index (κ3) is 7.28. The zero-order valence-corrected chi connectivity index (χ0v) is 22.8. The van der Waals surface area contributed by atoms with Crippen molar-refractivity contribution < 1.29 is 4.74 Å². The van der Waals surface area contributed by atoms with E-state index >= 15 is 0 Å². The normalized spacial score (nSPS) is 11.1. The Hall–Kier alpha value is -3.41. The van der Waals surface area contributed by atoms with Gasteiger partial charge in [-0.05, 0) is 56.2 Å².